The number of aryl methyl sites for hydroxylation is 1. The Kier molecular flexibility index (Phi) is 4.63. The van der Waals surface area contributed by atoms with E-state index in [9.17, 15) is 4.79 Å². The van der Waals surface area contributed by atoms with Gasteiger partial charge in [0.2, 0.25) is 0 Å². The van der Waals surface area contributed by atoms with Gasteiger partial charge in [0, 0.05) is 37.0 Å². The van der Waals surface area contributed by atoms with Crippen molar-refractivity contribution in [2.24, 2.45) is 11.8 Å². The zero-order chi connectivity index (χ0) is 19.3. The van der Waals surface area contributed by atoms with Crippen LogP contribution < -0.4 is 5.32 Å². The highest BCUT2D eigenvalue weighted by Crippen LogP contribution is 2.34. The number of H-pyrrole nitrogens is 1. The van der Waals surface area contributed by atoms with Crippen molar-refractivity contribution in [2.75, 3.05) is 31.6 Å². The molecule has 0 unspecified atom stereocenters. The van der Waals surface area contributed by atoms with Crippen LogP contribution >= 0.6 is 22.9 Å². The van der Waals surface area contributed by atoms with Gasteiger partial charge in [-0.15, -0.1) is 11.3 Å². The van der Waals surface area contributed by atoms with Crippen molar-refractivity contribution >= 4 is 44.9 Å². The summed E-state index contributed by atoms with van der Waals surface area (Å²) in [5.41, 5.74) is 2.98. The summed E-state index contributed by atoms with van der Waals surface area (Å²) < 4.78 is 6.66. The van der Waals surface area contributed by atoms with Gasteiger partial charge in [-0.3, -0.25) is 9.69 Å². The monoisotopic (exact) mass is 416 g/mol. The highest BCUT2D eigenvalue weighted by molar-refractivity contribution is 7.18. The maximum atomic E-state index is 13.0. The summed E-state index contributed by atoms with van der Waals surface area (Å²) in [6.07, 6.45) is 0. The highest BCUT2D eigenvalue weighted by atomic mass is 35.5. The maximum Gasteiger partial charge on any atom is 0.272 e. The number of benzene rings is 1. The van der Waals surface area contributed by atoms with Crippen LogP contribution in [0.1, 0.15) is 21.1 Å². The van der Waals surface area contributed by atoms with E-state index in [2.05, 4.69) is 20.2 Å². The molecule has 8 heteroatoms. The average molecular weight is 417 g/mol. The Balaban J connectivity index is 1.45. The molecule has 146 valence electrons. The minimum atomic E-state index is -0.186. The third-order valence-corrected chi connectivity index (χ3v) is 6.96. The number of carbonyl (C=O) groups excluding carboxylic acids is 1. The summed E-state index contributed by atoms with van der Waals surface area (Å²) in [5.74, 6) is 1.03. The smallest absolute Gasteiger partial charge is 0.272 e. The molecule has 2 aromatic heterocycles. The van der Waals surface area contributed by atoms with Crippen LogP contribution in [0.25, 0.3) is 10.3 Å². The predicted molar refractivity (Wildman–Crippen MR) is 111 cm³/mol. The first-order chi connectivity index (χ1) is 13.6. The number of hydrogen-bond acceptors (Lipinski definition) is 5. The molecule has 0 saturated carbocycles. The Hall–Kier alpha value is -1.93. The second-order valence-electron chi connectivity index (χ2n) is 7.57. The molecule has 0 spiro atoms. The molecule has 0 bridgehead atoms. The van der Waals surface area contributed by atoms with Crippen LogP contribution in [0.5, 0.6) is 0 Å². The number of aromatic nitrogens is 2. The number of likely N-dealkylation sites (tertiary alicyclic amines) is 1. The number of hydrogen-bond donors (Lipinski definition) is 2. The number of rotatable bonds is 4. The van der Waals surface area contributed by atoms with Crippen LogP contribution in [0.3, 0.4) is 0 Å². The molecule has 2 atom stereocenters. The van der Waals surface area contributed by atoms with Crippen molar-refractivity contribution in [3.05, 3.63) is 45.6 Å². The molecule has 2 fully saturated rings. The number of nitrogens with zero attached hydrogens (tertiary/aromatic N) is 2. The summed E-state index contributed by atoms with van der Waals surface area (Å²) in [4.78, 5) is 23.3. The SMILES string of the molecule is Cc1nc2[nH]c(C(=O)Nc3ccccc3Cl)c(CN3C[C@H]4COC[C@@H]4C3)c2s1. The topological polar surface area (TPSA) is 70.2 Å². The molecule has 1 aromatic carbocycles. The quantitative estimate of drug-likeness (QED) is 0.676. The van der Waals surface area contributed by atoms with E-state index in [1.165, 1.54) is 0 Å². The van der Waals surface area contributed by atoms with E-state index < -0.39 is 0 Å². The van der Waals surface area contributed by atoms with E-state index in [4.69, 9.17) is 16.3 Å². The average Bonchev–Trinajstić information content (AvgIpc) is 3.38. The number of para-hydroxylation sites is 1. The van der Waals surface area contributed by atoms with Gasteiger partial charge in [-0.25, -0.2) is 4.98 Å². The van der Waals surface area contributed by atoms with Gasteiger partial charge in [0.05, 0.1) is 33.6 Å². The Morgan fingerprint density at radius 1 is 1.36 bits per heavy atom. The summed E-state index contributed by atoms with van der Waals surface area (Å²) in [5, 5.41) is 4.45. The highest BCUT2D eigenvalue weighted by Gasteiger charge is 2.37. The van der Waals surface area contributed by atoms with Crippen LogP contribution in [-0.2, 0) is 11.3 Å². The fourth-order valence-corrected chi connectivity index (χ4v) is 5.35. The van der Waals surface area contributed by atoms with E-state index >= 15 is 0 Å². The van der Waals surface area contributed by atoms with Gasteiger partial charge in [0.1, 0.15) is 11.3 Å². The number of nitrogens with one attached hydrogen (secondary N) is 2. The number of fused-ring (bicyclic) bond motifs is 2. The predicted octanol–water partition coefficient (Wildman–Crippen LogP) is 3.92. The molecule has 5 rings (SSSR count). The first kappa shape index (κ1) is 18.1. The molecule has 28 heavy (non-hydrogen) atoms. The molecular formula is C20H21ClN4O2S. The second-order valence-corrected chi connectivity index (χ2v) is 9.19. The van der Waals surface area contributed by atoms with Crippen molar-refractivity contribution < 1.29 is 9.53 Å². The molecule has 0 aliphatic carbocycles. The molecular weight excluding hydrogens is 396 g/mol. The van der Waals surface area contributed by atoms with Gasteiger partial charge in [0.15, 0.2) is 0 Å². The molecule has 2 aliphatic rings. The van der Waals surface area contributed by atoms with Gasteiger partial charge in [-0.2, -0.15) is 0 Å². The third-order valence-electron chi connectivity index (χ3n) is 5.60. The van der Waals surface area contributed by atoms with Crippen molar-refractivity contribution in [3.8, 4) is 0 Å². The van der Waals surface area contributed by atoms with Gasteiger partial charge in [-0.1, -0.05) is 23.7 Å². The molecule has 4 heterocycles. The standard InChI is InChI=1S/C20H21ClN4O2S/c1-11-22-19-18(28-11)14(8-25-6-12-9-27-10-13(12)7-25)17(24-19)20(26)23-16-5-3-2-4-15(16)21/h2-5,12-13,24H,6-10H2,1H3,(H,23,26)/t12-,13-/m0/s1. The minimum absolute atomic E-state index is 0.186. The number of thiazole rings is 1. The Morgan fingerprint density at radius 3 is 2.86 bits per heavy atom. The molecule has 6 nitrogen and oxygen atoms in total. The van der Waals surface area contributed by atoms with Crippen LogP contribution in [-0.4, -0.2) is 47.1 Å². The third kappa shape index (κ3) is 3.22. The summed E-state index contributed by atoms with van der Waals surface area (Å²) in [6.45, 7) is 6.46. The fourth-order valence-electron chi connectivity index (χ4n) is 4.25. The lowest BCUT2D eigenvalue weighted by Crippen LogP contribution is -2.24. The number of amides is 1. The number of halogens is 1. The Labute approximate surface area is 171 Å². The normalized spacial score (nSPS) is 22.1. The van der Waals surface area contributed by atoms with Crippen LogP contribution in [0.2, 0.25) is 5.02 Å². The second kappa shape index (κ2) is 7.15. The van der Waals surface area contributed by atoms with Crippen molar-refractivity contribution in [1.29, 1.82) is 0 Å². The number of carbonyl (C=O) groups is 1. The van der Waals surface area contributed by atoms with Gasteiger partial charge in [0.25, 0.3) is 5.91 Å². The van der Waals surface area contributed by atoms with Crippen molar-refractivity contribution in [2.45, 2.75) is 13.5 Å². The first-order valence-corrected chi connectivity index (χ1v) is 10.6. The molecule has 2 saturated heterocycles. The first-order valence-electron chi connectivity index (χ1n) is 9.42. The van der Waals surface area contributed by atoms with E-state index in [-0.39, 0.29) is 5.91 Å². The van der Waals surface area contributed by atoms with Crippen LogP contribution in [0.4, 0.5) is 5.69 Å². The lowest BCUT2D eigenvalue weighted by atomic mass is 10.0. The van der Waals surface area contributed by atoms with Crippen molar-refractivity contribution in [1.82, 2.24) is 14.9 Å². The summed E-state index contributed by atoms with van der Waals surface area (Å²) in [6, 6.07) is 7.26. The number of anilines is 1. The molecule has 2 aliphatic heterocycles. The largest absolute Gasteiger partial charge is 0.381 e. The fraction of sp³-hybridized carbons (Fsp3) is 0.400. The van der Waals surface area contributed by atoms with E-state index in [0.717, 1.165) is 53.8 Å². The van der Waals surface area contributed by atoms with E-state index in [1.54, 1.807) is 23.5 Å². The molecule has 3 aromatic rings. The molecule has 1 amide bonds. The summed E-state index contributed by atoms with van der Waals surface area (Å²) >= 11 is 7.84. The Bertz CT molecular complexity index is 1030. The van der Waals surface area contributed by atoms with Crippen molar-refractivity contribution in [3.63, 3.8) is 0 Å². The Morgan fingerprint density at radius 2 is 2.11 bits per heavy atom. The lowest BCUT2D eigenvalue weighted by Gasteiger charge is -2.17. The van der Waals surface area contributed by atoms with E-state index in [1.807, 2.05) is 19.1 Å². The van der Waals surface area contributed by atoms with Gasteiger partial charge in [-0.05, 0) is 19.1 Å². The summed E-state index contributed by atoms with van der Waals surface area (Å²) in [7, 11) is 0. The van der Waals surface area contributed by atoms with E-state index in [0.29, 0.717) is 28.2 Å². The van der Waals surface area contributed by atoms with Gasteiger partial charge < -0.3 is 15.0 Å². The lowest BCUT2D eigenvalue weighted by molar-refractivity contribution is 0.102. The molecule has 2 N–H and O–H groups in total. The molecule has 0 radical (unpaired) electrons. The van der Waals surface area contributed by atoms with Crippen LogP contribution in [0.15, 0.2) is 24.3 Å². The van der Waals surface area contributed by atoms with Crippen LogP contribution in [0, 0.1) is 18.8 Å². The number of ether oxygens (including phenoxy) is 1. The maximum absolute atomic E-state index is 13.0. The van der Waals surface area contributed by atoms with Gasteiger partial charge >= 0.3 is 0 Å². The zero-order valence-corrected chi connectivity index (χ0v) is 17.1. The number of aromatic amines is 1. The zero-order valence-electron chi connectivity index (χ0n) is 15.5. The minimum Gasteiger partial charge on any atom is -0.381 e.